The number of halogens is 1. The number of nitrogens with one attached hydrogen (secondary N) is 3. The van der Waals surface area contributed by atoms with E-state index in [0.29, 0.717) is 12.4 Å². The van der Waals surface area contributed by atoms with Crippen LogP contribution in [0.4, 0.5) is 5.69 Å². The number of fused-ring (bicyclic) bond motifs is 2. The van der Waals surface area contributed by atoms with Gasteiger partial charge < -0.3 is 26.1 Å². The SMILES string of the molecule is CN=C/C(=C\N)c1cnc2c(c1)NCC(CNCc1c[nH]c3cc(Br)ccc13)O2.c1ccccc1. The Kier molecular flexibility index (Phi) is 8.53. The van der Waals surface area contributed by atoms with Crippen molar-refractivity contribution in [2.45, 2.75) is 12.6 Å². The van der Waals surface area contributed by atoms with Crippen LogP contribution in [0.5, 0.6) is 5.88 Å². The zero-order valence-corrected chi connectivity index (χ0v) is 21.1. The largest absolute Gasteiger partial charge is 0.470 e. The molecule has 0 aliphatic carbocycles. The second-order valence-electron chi connectivity index (χ2n) is 8.00. The first kappa shape index (κ1) is 24.5. The summed E-state index contributed by atoms with van der Waals surface area (Å²) in [5, 5.41) is 8.11. The molecule has 0 saturated carbocycles. The van der Waals surface area contributed by atoms with Crippen LogP contribution in [0.2, 0.25) is 0 Å². The Morgan fingerprint density at radius 2 is 2.00 bits per heavy atom. The van der Waals surface area contributed by atoms with E-state index in [-0.39, 0.29) is 6.10 Å². The van der Waals surface area contributed by atoms with Crippen molar-refractivity contribution in [1.29, 1.82) is 0 Å². The van der Waals surface area contributed by atoms with E-state index in [4.69, 9.17) is 10.5 Å². The van der Waals surface area contributed by atoms with Crippen molar-refractivity contribution in [3.8, 4) is 5.88 Å². The molecule has 8 heteroatoms. The molecule has 4 aromatic rings. The highest BCUT2D eigenvalue weighted by atomic mass is 79.9. The summed E-state index contributed by atoms with van der Waals surface area (Å²) in [4.78, 5) is 11.8. The van der Waals surface area contributed by atoms with Gasteiger partial charge in [0.05, 0.1) is 12.2 Å². The van der Waals surface area contributed by atoms with E-state index in [2.05, 4.69) is 59.7 Å². The van der Waals surface area contributed by atoms with Gasteiger partial charge in [-0.05, 0) is 23.8 Å². The number of anilines is 1. The van der Waals surface area contributed by atoms with Crippen LogP contribution in [0.3, 0.4) is 0 Å². The molecule has 5 rings (SSSR count). The second-order valence-corrected chi connectivity index (χ2v) is 8.91. The average molecular weight is 533 g/mol. The van der Waals surface area contributed by atoms with E-state index >= 15 is 0 Å². The number of aliphatic imine (C=N–C) groups is 1. The summed E-state index contributed by atoms with van der Waals surface area (Å²) in [5.41, 5.74) is 10.6. The normalized spacial score (nSPS) is 15.1. The highest BCUT2D eigenvalue weighted by Crippen LogP contribution is 2.29. The minimum atomic E-state index is 0.00178. The lowest BCUT2D eigenvalue weighted by atomic mass is 10.1. The Morgan fingerprint density at radius 1 is 1.23 bits per heavy atom. The Bertz CT molecular complexity index is 1280. The van der Waals surface area contributed by atoms with E-state index in [1.807, 2.05) is 48.7 Å². The quantitative estimate of drug-likeness (QED) is 0.262. The molecule has 2 aromatic heterocycles. The smallest absolute Gasteiger partial charge is 0.237 e. The summed E-state index contributed by atoms with van der Waals surface area (Å²) in [6, 6.07) is 20.2. The zero-order chi connectivity index (χ0) is 24.5. The average Bonchev–Trinajstić information content (AvgIpc) is 3.30. The van der Waals surface area contributed by atoms with Gasteiger partial charge in [0.2, 0.25) is 5.88 Å². The number of aromatic amines is 1. The maximum atomic E-state index is 6.05. The molecular weight excluding hydrogens is 504 g/mol. The van der Waals surface area contributed by atoms with Crippen LogP contribution in [-0.2, 0) is 6.54 Å². The lowest BCUT2D eigenvalue weighted by Crippen LogP contribution is -2.39. The van der Waals surface area contributed by atoms with Crippen molar-refractivity contribution in [2.24, 2.45) is 10.7 Å². The summed E-state index contributed by atoms with van der Waals surface area (Å²) >= 11 is 3.50. The number of ether oxygens (including phenoxy) is 1. The Morgan fingerprint density at radius 3 is 2.71 bits per heavy atom. The fraction of sp³-hybridized carbons (Fsp3) is 0.185. The summed E-state index contributed by atoms with van der Waals surface area (Å²) in [6.07, 6.45) is 7.03. The number of H-pyrrole nitrogens is 1. The van der Waals surface area contributed by atoms with Gasteiger partial charge in [0.1, 0.15) is 6.10 Å². The third-order valence-corrected chi connectivity index (χ3v) is 6.01. The van der Waals surface area contributed by atoms with Gasteiger partial charge in [-0.1, -0.05) is 58.4 Å². The Labute approximate surface area is 213 Å². The topological polar surface area (TPSA) is 100 Å². The molecule has 0 saturated heterocycles. The number of aromatic nitrogens is 2. The standard InChI is InChI=1S/C21H23BrN6O.C6H6/c1-24-7-14(6-23)13-4-20-21(28-9-13)29-17(12-27-20)11-25-8-15-10-26-19-5-16(22)2-3-18(15)19;1-2-4-6-5-3-1/h2-7,9-10,17,25-27H,8,11-12,23H2,1H3;1-6H/b14-6+,24-7?;. The van der Waals surface area contributed by atoms with Gasteiger partial charge in [0, 0.05) is 71.5 Å². The molecule has 0 spiro atoms. The van der Waals surface area contributed by atoms with Crippen molar-refractivity contribution in [1.82, 2.24) is 15.3 Å². The van der Waals surface area contributed by atoms with E-state index in [1.54, 1.807) is 19.5 Å². The van der Waals surface area contributed by atoms with Crippen molar-refractivity contribution in [3.63, 3.8) is 0 Å². The van der Waals surface area contributed by atoms with Crippen LogP contribution >= 0.6 is 15.9 Å². The molecule has 1 atom stereocenters. The molecule has 1 aliphatic rings. The molecule has 35 heavy (non-hydrogen) atoms. The fourth-order valence-corrected chi connectivity index (χ4v) is 4.14. The molecule has 1 aliphatic heterocycles. The van der Waals surface area contributed by atoms with E-state index in [1.165, 1.54) is 17.1 Å². The number of nitrogens with two attached hydrogens (primary N) is 1. The van der Waals surface area contributed by atoms with Gasteiger partial charge in [-0.3, -0.25) is 4.99 Å². The molecule has 7 nitrogen and oxygen atoms in total. The first-order chi connectivity index (χ1) is 17.2. The highest BCUT2D eigenvalue weighted by Gasteiger charge is 2.21. The Balaban J connectivity index is 0.000000421. The second kappa shape index (κ2) is 12.2. The molecule has 5 N–H and O–H groups in total. The first-order valence-electron chi connectivity index (χ1n) is 11.4. The van der Waals surface area contributed by atoms with Crippen LogP contribution < -0.4 is 21.1 Å². The van der Waals surface area contributed by atoms with Crippen LogP contribution in [0.1, 0.15) is 11.1 Å². The maximum absolute atomic E-state index is 6.05. The van der Waals surface area contributed by atoms with Crippen LogP contribution in [0.25, 0.3) is 16.5 Å². The molecule has 0 bridgehead atoms. The maximum Gasteiger partial charge on any atom is 0.237 e. The summed E-state index contributed by atoms with van der Waals surface area (Å²) in [5.74, 6) is 0.605. The number of benzene rings is 2. The lowest BCUT2D eigenvalue weighted by Gasteiger charge is -2.27. The van der Waals surface area contributed by atoms with Crippen molar-refractivity contribution in [2.75, 3.05) is 25.5 Å². The number of pyridine rings is 1. The lowest BCUT2D eigenvalue weighted by molar-refractivity contribution is 0.193. The predicted octanol–water partition coefficient (Wildman–Crippen LogP) is 4.97. The third-order valence-electron chi connectivity index (χ3n) is 5.51. The van der Waals surface area contributed by atoms with Crippen molar-refractivity contribution in [3.05, 3.63) is 94.9 Å². The summed E-state index contributed by atoms with van der Waals surface area (Å²) in [7, 11) is 1.71. The minimum absolute atomic E-state index is 0.00178. The predicted molar refractivity (Wildman–Crippen MR) is 148 cm³/mol. The van der Waals surface area contributed by atoms with Crippen LogP contribution in [0, 0.1) is 0 Å². The molecular formula is C27H29BrN6O. The molecule has 0 radical (unpaired) electrons. The highest BCUT2D eigenvalue weighted by molar-refractivity contribution is 9.10. The van der Waals surface area contributed by atoms with Crippen molar-refractivity contribution < 1.29 is 4.74 Å². The first-order valence-corrected chi connectivity index (χ1v) is 12.2. The number of rotatable bonds is 6. The summed E-state index contributed by atoms with van der Waals surface area (Å²) in [6.45, 7) is 2.19. The fourth-order valence-electron chi connectivity index (χ4n) is 3.78. The number of allylic oxidation sites excluding steroid dienone is 1. The third kappa shape index (κ3) is 6.49. The summed E-state index contributed by atoms with van der Waals surface area (Å²) < 4.78 is 7.12. The zero-order valence-electron chi connectivity index (χ0n) is 19.5. The number of hydrogen-bond acceptors (Lipinski definition) is 6. The number of nitrogens with zero attached hydrogens (tertiary/aromatic N) is 2. The molecule has 3 heterocycles. The van der Waals surface area contributed by atoms with Crippen LogP contribution in [0.15, 0.2) is 88.7 Å². The van der Waals surface area contributed by atoms with E-state index in [0.717, 1.165) is 39.9 Å². The molecule has 180 valence electrons. The minimum Gasteiger partial charge on any atom is -0.470 e. The van der Waals surface area contributed by atoms with Crippen molar-refractivity contribution >= 4 is 44.3 Å². The monoisotopic (exact) mass is 532 g/mol. The molecule has 1 unspecified atom stereocenters. The Hall–Kier alpha value is -3.62. The van der Waals surface area contributed by atoms with Gasteiger partial charge in [0.15, 0.2) is 0 Å². The van der Waals surface area contributed by atoms with Gasteiger partial charge in [-0.2, -0.15) is 0 Å². The van der Waals surface area contributed by atoms with E-state index in [9.17, 15) is 0 Å². The van der Waals surface area contributed by atoms with E-state index < -0.39 is 0 Å². The number of hydrogen-bond donors (Lipinski definition) is 4. The molecule has 0 fully saturated rings. The van der Waals surface area contributed by atoms with Gasteiger partial charge in [0.25, 0.3) is 0 Å². The molecule has 2 aromatic carbocycles. The van der Waals surface area contributed by atoms with Crippen LogP contribution in [-0.4, -0.2) is 42.4 Å². The van der Waals surface area contributed by atoms with Gasteiger partial charge >= 0.3 is 0 Å². The van der Waals surface area contributed by atoms with Gasteiger partial charge in [-0.25, -0.2) is 4.98 Å². The van der Waals surface area contributed by atoms with Gasteiger partial charge in [-0.15, -0.1) is 0 Å². The molecule has 0 amide bonds.